The van der Waals surface area contributed by atoms with E-state index in [9.17, 15) is 4.79 Å². The monoisotopic (exact) mass is 354 g/mol. The van der Waals surface area contributed by atoms with Gasteiger partial charge in [0.15, 0.2) is 0 Å². The molecule has 0 bridgehead atoms. The summed E-state index contributed by atoms with van der Waals surface area (Å²) in [5.41, 5.74) is 4.81. The Morgan fingerprint density at radius 1 is 1.38 bits per heavy atom. The number of carbonyl (C=O) groups is 1. The number of ether oxygens (including phenoxy) is 1. The van der Waals surface area contributed by atoms with Crippen LogP contribution in [0, 0.1) is 0 Å². The van der Waals surface area contributed by atoms with Gasteiger partial charge < -0.3 is 15.0 Å². The average molecular weight is 354 g/mol. The number of amides is 2. The quantitative estimate of drug-likeness (QED) is 0.918. The lowest BCUT2D eigenvalue weighted by atomic mass is 9.80. The Labute approximate surface area is 154 Å². The fourth-order valence-electron chi connectivity index (χ4n) is 3.97. The van der Waals surface area contributed by atoms with Crippen LogP contribution in [0.1, 0.15) is 47.6 Å². The van der Waals surface area contributed by atoms with Crippen LogP contribution in [-0.2, 0) is 26.6 Å². The summed E-state index contributed by atoms with van der Waals surface area (Å²) in [6.07, 6.45) is 6.55. The van der Waals surface area contributed by atoms with E-state index in [4.69, 9.17) is 4.74 Å². The fourth-order valence-corrected chi connectivity index (χ4v) is 3.97. The third-order valence-corrected chi connectivity index (χ3v) is 5.78. The van der Waals surface area contributed by atoms with Crippen LogP contribution in [0.25, 0.3) is 0 Å². The highest BCUT2D eigenvalue weighted by atomic mass is 16.5. The summed E-state index contributed by atoms with van der Waals surface area (Å²) < 4.78 is 7.33. The van der Waals surface area contributed by atoms with Crippen molar-refractivity contribution < 1.29 is 9.53 Å². The van der Waals surface area contributed by atoms with Crippen molar-refractivity contribution in [3.63, 3.8) is 0 Å². The van der Waals surface area contributed by atoms with Crippen LogP contribution >= 0.6 is 0 Å². The maximum atomic E-state index is 12.7. The number of aryl methyl sites for hydroxylation is 1. The molecule has 2 aliphatic rings. The van der Waals surface area contributed by atoms with Gasteiger partial charge in [-0.25, -0.2) is 4.79 Å². The SMILES string of the molecule is COc1cccc2c1CCN(C(=O)NCc1c(C3CCC3)cnn1C)C2. The average Bonchev–Trinajstić information content (AvgIpc) is 2.97. The van der Waals surface area contributed by atoms with E-state index in [2.05, 4.69) is 16.5 Å². The molecule has 138 valence electrons. The van der Waals surface area contributed by atoms with Gasteiger partial charge >= 0.3 is 6.03 Å². The van der Waals surface area contributed by atoms with Crippen molar-refractivity contribution in [1.29, 1.82) is 0 Å². The summed E-state index contributed by atoms with van der Waals surface area (Å²) in [6.45, 7) is 1.86. The minimum atomic E-state index is -0.0146. The fraction of sp³-hybridized carbons (Fsp3) is 0.500. The molecular formula is C20H26N4O2. The third kappa shape index (κ3) is 3.04. The summed E-state index contributed by atoms with van der Waals surface area (Å²) >= 11 is 0. The highest BCUT2D eigenvalue weighted by Crippen LogP contribution is 2.37. The molecule has 4 rings (SSSR count). The summed E-state index contributed by atoms with van der Waals surface area (Å²) in [4.78, 5) is 14.6. The maximum absolute atomic E-state index is 12.7. The van der Waals surface area contributed by atoms with Crippen molar-refractivity contribution >= 4 is 6.03 Å². The van der Waals surface area contributed by atoms with Gasteiger partial charge in [-0.2, -0.15) is 5.10 Å². The summed E-state index contributed by atoms with van der Waals surface area (Å²) in [6, 6.07) is 6.03. The molecular weight excluding hydrogens is 328 g/mol. The predicted molar refractivity (Wildman–Crippen MR) is 99.1 cm³/mol. The van der Waals surface area contributed by atoms with Crippen molar-refractivity contribution in [1.82, 2.24) is 20.0 Å². The van der Waals surface area contributed by atoms with Gasteiger partial charge in [-0.15, -0.1) is 0 Å². The number of methoxy groups -OCH3 is 1. The van der Waals surface area contributed by atoms with E-state index in [1.807, 2.05) is 35.0 Å². The highest BCUT2D eigenvalue weighted by molar-refractivity contribution is 5.74. The number of hydrogen-bond donors (Lipinski definition) is 1. The molecule has 0 atom stereocenters. The largest absolute Gasteiger partial charge is 0.496 e. The number of hydrogen-bond acceptors (Lipinski definition) is 3. The molecule has 0 saturated heterocycles. The molecule has 2 aromatic rings. The van der Waals surface area contributed by atoms with Gasteiger partial charge in [0.25, 0.3) is 0 Å². The molecule has 1 aliphatic carbocycles. The number of fused-ring (bicyclic) bond motifs is 1. The second-order valence-corrected chi connectivity index (χ2v) is 7.23. The molecule has 2 heterocycles. The molecule has 26 heavy (non-hydrogen) atoms. The van der Waals surface area contributed by atoms with Crippen LogP contribution in [0.4, 0.5) is 4.79 Å². The molecule has 0 radical (unpaired) electrons. The van der Waals surface area contributed by atoms with Crippen molar-refractivity contribution in [2.45, 2.75) is 44.7 Å². The van der Waals surface area contributed by atoms with Crippen molar-refractivity contribution in [2.24, 2.45) is 7.05 Å². The molecule has 0 spiro atoms. The van der Waals surface area contributed by atoms with E-state index < -0.39 is 0 Å². The molecule has 1 aromatic heterocycles. The Kier molecular flexibility index (Phi) is 4.57. The zero-order valence-corrected chi connectivity index (χ0v) is 15.5. The standard InChI is InChI=1S/C20H26N4O2/c1-23-18(17(11-22-23)14-5-3-6-14)12-21-20(25)24-10-9-16-15(13-24)7-4-8-19(16)26-2/h4,7-8,11,14H,3,5-6,9-10,12-13H2,1-2H3,(H,21,25). The molecule has 6 heteroatoms. The minimum Gasteiger partial charge on any atom is -0.496 e. The minimum absolute atomic E-state index is 0.0146. The number of urea groups is 1. The van der Waals surface area contributed by atoms with Crippen LogP contribution in [0.2, 0.25) is 0 Å². The van der Waals surface area contributed by atoms with Gasteiger partial charge in [0.2, 0.25) is 0 Å². The van der Waals surface area contributed by atoms with E-state index in [1.54, 1.807) is 7.11 Å². The van der Waals surface area contributed by atoms with Crippen LogP contribution in [0.3, 0.4) is 0 Å². The van der Waals surface area contributed by atoms with Gasteiger partial charge in [-0.05, 0) is 42.4 Å². The van der Waals surface area contributed by atoms with Crippen molar-refractivity contribution in [2.75, 3.05) is 13.7 Å². The lowest BCUT2D eigenvalue weighted by Gasteiger charge is -2.30. The van der Waals surface area contributed by atoms with E-state index in [1.165, 1.54) is 36.0 Å². The molecule has 1 aliphatic heterocycles. The molecule has 0 unspecified atom stereocenters. The van der Waals surface area contributed by atoms with Gasteiger partial charge in [0, 0.05) is 25.7 Å². The van der Waals surface area contributed by atoms with Gasteiger partial charge in [-0.1, -0.05) is 18.6 Å². The Balaban J connectivity index is 1.41. The summed E-state index contributed by atoms with van der Waals surface area (Å²) in [7, 11) is 3.65. The second kappa shape index (κ2) is 7.02. The van der Waals surface area contributed by atoms with Crippen LogP contribution in [0.15, 0.2) is 24.4 Å². The van der Waals surface area contributed by atoms with Crippen LogP contribution < -0.4 is 10.1 Å². The Bertz CT molecular complexity index is 810. The smallest absolute Gasteiger partial charge is 0.318 e. The third-order valence-electron chi connectivity index (χ3n) is 5.78. The first kappa shape index (κ1) is 16.9. The predicted octanol–water partition coefficient (Wildman–Crippen LogP) is 2.96. The number of rotatable bonds is 4. The summed E-state index contributed by atoms with van der Waals surface area (Å²) in [5.74, 6) is 1.53. The van der Waals surface area contributed by atoms with Gasteiger partial charge in [-0.3, -0.25) is 4.68 Å². The number of nitrogens with zero attached hydrogens (tertiary/aromatic N) is 3. The first-order chi connectivity index (χ1) is 12.7. The maximum Gasteiger partial charge on any atom is 0.318 e. The second-order valence-electron chi connectivity index (χ2n) is 7.23. The van der Waals surface area contributed by atoms with Crippen molar-refractivity contribution in [3.05, 3.63) is 46.8 Å². The Morgan fingerprint density at radius 3 is 2.96 bits per heavy atom. The first-order valence-corrected chi connectivity index (χ1v) is 9.35. The first-order valence-electron chi connectivity index (χ1n) is 9.35. The van der Waals surface area contributed by atoms with Crippen LogP contribution in [-0.4, -0.2) is 34.4 Å². The Hall–Kier alpha value is -2.50. The lowest BCUT2D eigenvalue weighted by molar-refractivity contribution is 0.191. The molecule has 1 fully saturated rings. The van der Waals surface area contributed by atoms with E-state index in [-0.39, 0.29) is 6.03 Å². The molecule has 1 N–H and O–H groups in total. The Morgan fingerprint density at radius 2 is 2.23 bits per heavy atom. The molecule has 1 aromatic carbocycles. The van der Waals surface area contributed by atoms with Gasteiger partial charge in [0.1, 0.15) is 5.75 Å². The number of aromatic nitrogens is 2. The van der Waals surface area contributed by atoms with E-state index in [0.717, 1.165) is 17.9 Å². The zero-order valence-electron chi connectivity index (χ0n) is 15.5. The van der Waals surface area contributed by atoms with Crippen molar-refractivity contribution in [3.8, 4) is 5.75 Å². The van der Waals surface area contributed by atoms with E-state index >= 15 is 0 Å². The number of carbonyl (C=O) groups excluding carboxylic acids is 1. The molecule has 1 saturated carbocycles. The normalized spacial score (nSPS) is 16.8. The van der Waals surface area contributed by atoms with Gasteiger partial charge in [0.05, 0.1) is 25.5 Å². The summed E-state index contributed by atoms with van der Waals surface area (Å²) in [5, 5.41) is 7.49. The van der Waals surface area contributed by atoms with E-state index in [0.29, 0.717) is 25.6 Å². The number of nitrogens with one attached hydrogen (secondary N) is 1. The molecule has 6 nitrogen and oxygen atoms in total. The van der Waals surface area contributed by atoms with Crippen LogP contribution in [0.5, 0.6) is 5.75 Å². The highest BCUT2D eigenvalue weighted by Gasteiger charge is 2.26. The lowest BCUT2D eigenvalue weighted by Crippen LogP contribution is -2.42. The topological polar surface area (TPSA) is 59.4 Å². The zero-order chi connectivity index (χ0) is 18.1. The number of benzene rings is 1. The molecule has 2 amide bonds.